The number of epoxide rings is 1. The Morgan fingerprint density at radius 2 is 2.08 bits per heavy atom. The Morgan fingerprint density at radius 1 is 1.50 bits per heavy atom. The summed E-state index contributed by atoms with van der Waals surface area (Å²) in [7, 11) is 0. The molecule has 1 aliphatic heterocycles. The molecule has 2 aliphatic rings. The first-order valence-corrected chi connectivity index (χ1v) is 4.34. The highest BCUT2D eigenvalue weighted by molar-refractivity contribution is 5.64. The van der Waals surface area contributed by atoms with Crippen molar-refractivity contribution in [1.82, 2.24) is 5.32 Å². The van der Waals surface area contributed by atoms with Crippen LogP contribution in [-0.2, 0) is 4.74 Å². The summed E-state index contributed by atoms with van der Waals surface area (Å²) >= 11 is 0. The zero-order valence-corrected chi connectivity index (χ0v) is 6.88. The summed E-state index contributed by atoms with van der Waals surface area (Å²) in [5.74, 6) is 0. The molecular formula is C8H13NO3. The minimum absolute atomic E-state index is 0.150. The molecule has 2 fully saturated rings. The molecule has 0 unspecified atom stereocenters. The lowest BCUT2D eigenvalue weighted by Gasteiger charge is -2.25. The summed E-state index contributed by atoms with van der Waals surface area (Å²) in [6, 6.07) is 0.150. The van der Waals surface area contributed by atoms with Crippen molar-refractivity contribution < 1.29 is 14.6 Å². The van der Waals surface area contributed by atoms with Crippen molar-refractivity contribution in [2.75, 3.05) is 6.61 Å². The predicted octanol–water partition coefficient (Wildman–Crippen LogP) is 0.966. The van der Waals surface area contributed by atoms with E-state index >= 15 is 0 Å². The number of amides is 1. The molecule has 0 atom stereocenters. The van der Waals surface area contributed by atoms with E-state index in [1.54, 1.807) is 0 Å². The highest BCUT2D eigenvalue weighted by Gasteiger charge is 2.46. The quantitative estimate of drug-likeness (QED) is 0.578. The maximum atomic E-state index is 10.3. The Balaban J connectivity index is 1.78. The number of carboxylic acid groups (broad SMARTS) is 1. The first kappa shape index (κ1) is 7.86. The van der Waals surface area contributed by atoms with Gasteiger partial charge in [0.25, 0.3) is 0 Å². The zero-order chi connectivity index (χ0) is 8.60. The second-order valence-corrected chi connectivity index (χ2v) is 3.70. The molecule has 2 rings (SSSR count). The third-order valence-electron chi connectivity index (χ3n) is 2.78. The van der Waals surface area contributed by atoms with Gasteiger partial charge < -0.3 is 15.2 Å². The molecule has 1 aliphatic carbocycles. The van der Waals surface area contributed by atoms with Crippen LogP contribution >= 0.6 is 0 Å². The van der Waals surface area contributed by atoms with E-state index in [0.717, 1.165) is 32.3 Å². The average molecular weight is 171 g/mol. The lowest BCUT2D eigenvalue weighted by Crippen LogP contribution is -2.38. The number of ether oxygens (including phenoxy) is 1. The monoisotopic (exact) mass is 171 g/mol. The van der Waals surface area contributed by atoms with E-state index in [9.17, 15) is 4.79 Å². The molecule has 4 nitrogen and oxygen atoms in total. The molecule has 2 N–H and O–H groups in total. The SMILES string of the molecule is O=C(O)N[C@H]1CC[C@]2(CC1)CO2. The van der Waals surface area contributed by atoms with Crippen LogP contribution in [-0.4, -0.2) is 29.4 Å². The van der Waals surface area contributed by atoms with E-state index in [4.69, 9.17) is 9.84 Å². The van der Waals surface area contributed by atoms with Gasteiger partial charge in [-0.1, -0.05) is 0 Å². The maximum absolute atomic E-state index is 10.3. The van der Waals surface area contributed by atoms with Crippen molar-refractivity contribution in [3.05, 3.63) is 0 Å². The smallest absolute Gasteiger partial charge is 0.404 e. The topological polar surface area (TPSA) is 61.9 Å². The van der Waals surface area contributed by atoms with Gasteiger partial charge in [-0.3, -0.25) is 0 Å². The van der Waals surface area contributed by atoms with Crippen LogP contribution in [0.5, 0.6) is 0 Å². The Morgan fingerprint density at radius 3 is 2.50 bits per heavy atom. The summed E-state index contributed by atoms with van der Waals surface area (Å²) in [5.41, 5.74) is 0.163. The van der Waals surface area contributed by atoms with Crippen molar-refractivity contribution in [2.24, 2.45) is 0 Å². The van der Waals surface area contributed by atoms with Crippen LogP contribution in [0.15, 0.2) is 0 Å². The Kier molecular flexibility index (Phi) is 1.72. The Bertz CT molecular complexity index is 190. The van der Waals surface area contributed by atoms with Gasteiger partial charge in [-0.2, -0.15) is 0 Å². The second kappa shape index (κ2) is 2.62. The molecule has 1 heterocycles. The summed E-state index contributed by atoms with van der Waals surface area (Å²) in [6.07, 6.45) is 2.96. The first-order valence-electron chi connectivity index (χ1n) is 4.34. The summed E-state index contributed by atoms with van der Waals surface area (Å²) < 4.78 is 5.32. The van der Waals surface area contributed by atoms with Crippen molar-refractivity contribution in [2.45, 2.75) is 37.3 Å². The molecule has 0 aromatic carbocycles. The molecular weight excluding hydrogens is 158 g/mol. The lowest BCUT2D eigenvalue weighted by molar-refractivity contribution is 0.173. The highest BCUT2D eigenvalue weighted by atomic mass is 16.6. The van der Waals surface area contributed by atoms with Crippen LogP contribution in [0.4, 0.5) is 4.79 Å². The summed E-state index contributed by atoms with van der Waals surface area (Å²) in [6.45, 7) is 0.882. The molecule has 1 saturated heterocycles. The largest absolute Gasteiger partial charge is 0.465 e. The van der Waals surface area contributed by atoms with Crippen LogP contribution < -0.4 is 5.32 Å². The first-order chi connectivity index (χ1) is 5.70. The predicted molar refractivity (Wildman–Crippen MR) is 42.1 cm³/mol. The number of hydrogen-bond donors (Lipinski definition) is 2. The van der Waals surface area contributed by atoms with Crippen LogP contribution in [0, 0.1) is 0 Å². The number of hydrogen-bond acceptors (Lipinski definition) is 2. The van der Waals surface area contributed by atoms with E-state index in [1.165, 1.54) is 0 Å². The van der Waals surface area contributed by atoms with Gasteiger partial charge in [0.15, 0.2) is 0 Å². The van der Waals surface area contributed by atoms with Gasteiger partial charge in [0.1, 0.15) is 0 Å². The van der Waals surface area contributed by atoms with Gasteiger partial charge >= 0.3 is 6.09 Å². The normalized spacial score (nSPS) is 39.5. The summed E-state index contributed by atoms with van der Waals surface area (Å²) in [4.78, 5) is 10.3. The van der Waals surface area contributed by atoms with Gasteiger partial charge in [0.05, 0.1) is 12.2 Å². The molecule has 1 amide bonds. The van der Waals surface area contributed by atoms with Gasteiger partial charge in [-0.25, -0.2) is 4.79 Å². The average Bonchev–Trinajstić information content (AvgIpc) is 2.75. The van der Waals surface area contributed by atoms with Gasteiger partial charge in [0, 0.05) is 6.04 Å². The second-order valence-electron chi connectivity index (χ2n) is 3.70. The van der Waals surface area contributed by atoms with Gasteiger partial charge in [-0.15, -0.1) is 0 Å². The molecule has 0 aromatic rings. The van der Waals surface area contributed by atoms with Crippen molar-refractivity contribution in [3.8, 4) is 0 Å². The van der Waals surface area contributed by atoms with E-state index in [2.05, 4.69) is 5.32 Å². The summed E-state index contributed by atoms with van der Waals surface area (Å²) in [5, 5.41) is 11.0. The van der Waals surface area contributed by atoms with Gasteiger partial charge in [0.2, 0.25) is 0 Å². The molecule has 68 valence electrons. The highest BCUT2D eigenvalue weighted by Crippen LogP contribution is 2.41. The molecule has 0 bridgehead atoms. The third kappa shape index (κ3) is 1.53. The number of rotatable bonds is 1. The van der Waals surface area contributed by atoms with Gasteiger partial charge in [-0.05, 0) is 25.7 Å². The maximum Gasteiger partial charge on any atom is 0.404 e. The fourth-order valence-electron chi connectivity index (χ4n) is 1.85. The van der Waals surface area contributed by atoms with Crippen LogP contribution in [0.1, 0.15) is 25.7 Å². The number of nitrogens with one attached hydrogen (secondary N) is 1. The van der Waals surface area contributed by atoms with Crippen LogP contribution in [0.2, 0.25) is 0 Å². The van der Waals surface area contributed by atoms with E-state index in [-0.39, 0.29) is 11.6 Å². The van der Waals surface area contributed by atoms with Crippen molar-refractivity contribution >= 4 is 6.09 Å². The fourth-order valence-corrected chi connectivity index (χ4v) is 1.85. The number of carbonyl (C=O) groups is 1. The minimum atomic E-state index is -0.910. The third-order valence-corrected chi connectivity index (χ3v) is 2.78. The fraction of sp³-hybridized carbons (Fsp3) is 0.875. The molecule has 4 heteroatoms. The van der Waals surface area contributed by atoms with Crippen LogP contribution in [0.25, 0.3) is 0 Å². The Labute approximate surface area is 70.9 Å². The molecule has 1 spiro atoms. The van der Waals surface area contributed by atoms with Crippen molar-refractivity contribution in [3.63, 3.8) is 0 Å². The van der Waals surface area contributed by atoms with Crippen molar-refractivity contribution in [1.29, 1.82) is 0 Å². The molecule has 1 saturated carbocycles. The zero-order valence-electron chi connectivity index (χ0n) is 6.88. The minimum Gasteiger partial charge on any atom is -0.465 e. The molecule has 12 heavy (non-hydrogen) atoms. The standard InChI is InChI=1S/C8H13NO3/c10-7(11)9-6-1-3-8(4-2-6)5-12-8/h6,9H,1-5H2,(H,10,11)/t6-,8-. The van der Waals surface area contributed by atoms with Crippen LogP contribution in [0.3, 0.4) is 0 Å². The molecule has 0 aromatic heterocycles. The lowest BCUT2D eigenvalue weighted by atomic mass is 9.86. The van der Waals surface area contributed by atoms with E-state index in [0.29, 0.717) is 0 Å². The van der Waals surface area contributed by atoms with E-state index < -0.39 is 6.09 Å². The van der Waals surface area contributed by atoms with E-state index in [1.807, 2.05) is 0 Å². The molecule has 0 radical (unpaired) electrons. The Hall–Kier alpha value is -0.770.